The second-order valence-corrected chi connectivity index (χ2v) is 22.4. The molecule has 0 spiro atoms. The summed E-state index contributed by atoms with van der Waals surface area (Å²) in [4.78, 5) is 15.7. The summed E-state index contributed by atoms with van der Waals surface area (Å²) in [6, 6.07) is 89.6. The molecule has 0 atom stereocenters. The third-order valence-corrected chi connectivity index (χ3v) is 17.8. The van der Waals surface area contributed by atoms with Crippen LogP contribution in [0.1, 0.15) is 0 Å². The number of nitrogens with zero attached hydrogens (tertiary/aromatic N) is 4. The van der Waals surface area contributed by atoms with Crippen LogP contribution in [-0.4, -0.2) is 19.5 Å². The van der Waals surface area contributed by atoms with Gasteiger partial charge in [0.2, 0.25) is 0 Å². The summed E-state index contributed by atoms with van der Waals surface area (Å²) < 4.78 is 25.3. The molecule has 0 aliphatic carbocycles. The van der Waals surface area contributed by atoms with Crippen LogP contribution in [0.4, 0.5) is 0 Å². The Morgan fingerprint density at radius 1 is 0.277 bits per heavy atom. The van der Waals surface area contributed by atoms with Gasteiger partial charge in [-0.25, -0.2) is 15.0 Å². The molecule has 6 heterocycles. The predicted octanol–water partition coefficient (Wildman–Crippen LogP) is 21.0. The van der Waals surface area contributed by atoms with E-state index in [2.05, 4.69) is 217 Å². The van der Waals surface area contributed by atoms with E-state index >= 15 is 0 Å². The summed E-state index contributed by atoms with van der Waals surface area (Å²) in [5.41, 5.74) is 17.3. The van der Waals surface area contributed by atoms with Gasteiger partial charge in [-0.3, -0.25) is 0 Å². The second kappa shape index (κ2) is 17.8. The summed E-state index contributed by atoms with van der Waals surface area (Å²) in [5.74, 6) is 1.64. The number of fused-ring (bicyclic) bond motifs is 15. The van der Waals surface area contributed by atoms with Crippen molar-refractivity contribution in [2.24, 2.45) is 0 Å². The zero-order valence-corrected chi connectivity index (χ0v) is 45.0. The molecule has 0 radical (unpaired) electrons. The number of hydrogen-bond acceptors (Lipinski definition) is 7. The highest BCUT2D eigenvalue weighted by Gasteiger charge is 2.23. The molecule has 0 saturated heterocycles. The lowest BCUT2D eigenvalue weighted by Crippen LogP contribution is -2.00. The van der Waals surface area contributed by atoms with Crippen LogP contribution in [0.3, 0.4) is 0 Å². The summed E-state index contributed by atoms with van der Waals surface area (Å²) in [6.45, 7) is 0. The van der Waals surface area contributed by atoms with Crippen molar-refractivity contribution in [3.05, 3.63) is 255 Å². The molecule has 6 aromatic heterocycles. The molecule has 0 unspecified atom stereocenters. The molecule has 18 rings (SSSR count). The topological polar surface area (TPSA) is 83.0 Å². The van der Waals surface area contributed by atoms with E-state index in [1.165, 1.54) is 42.0 Å². The van der Waals surface area contributed by atoms with E-state index < -0.39 is 0 Å². The SMILES string of the molecule is c1ccc(-c2nc(-c3ccc4c(c3)oc3cc(-c5cccc6sc7ccccc7c56)ccc34)nc(-c3cccc4oc5ccc(-c6cccc7oc8c(-c9ccc%10c(c9)c9ccccc9n%10-c9ccccc9)cccc8c67)cc5c34)n2)cc1. The quantitative estimate of drug-likeness (QED) is 0.158. The molecule has 18 aromatic rings. The van der Waals surface area contributed by atoms with E-state index in [1.54, 1.807) is 0 Å². The molecule has 386 valence electrons. The lowest BCUT2D eigenvalue weighted by Gasteiger charge is -2.09. The van der Waals surface area contributed by atoms with Crippen LogP contribution >= 0.6 is 11.3 Å². The van der Waals surface area contributed by atoms with Crippen LogP contribution in [0.2, 0.25) is 0 Å². The number of thiophene rings is 1. The zero-order chi connectivity index (χ0) is 54.3. The first kappa shape index (κ1) is 45.9. The molecule has 0 bridgehead atoms. The third kappa shape index (κ3) is 7.06. The van der Waals surface area contributed by atoms with Crippen molar-refractivity contribution >= 4 is 119 Å². The van der Waals surface area contributed by atoms with E-state index in [1.807, 2.05) is 53.8 Å². The molecule has 7 nitrogen and oxygen atoms in total. The fraction of sp³-hybridized carbons (Fsp3) is 0. The Morgan fingerprint density at radius 2 is 0.819 bits per heavy atom. The Bertz CT molecular complexity index is 5710. The van der Waals surface area contributed by atoms with Crippen LogP contribution < -0.4 is 0 Å². The molecule has 8 heteroatoms. The number of aromatic nitrogens is 4. The molecule has 12 aromatic carbocycles. The van der Waals surface area contributed by atoms with Gasteiger partial charge in [0, 0.05) is 91.2 Å². The minimum atomic E-state index is 0.537. The summed E-state index contributed by atoms with van der Waals surface area (Å²) in [7, 11) is 0. The van der Waals surface area contributed by atoms with Crippen molar-refractivity contribution in [2.45, 2.75) is 0 Å². The number of hydrogen-bond donors (Lipinski definition) is 0. The van der Waals surface area contributed by atoms with E-state index in [-0.39, 0.29) is 0 Å². The maximum Gasteiger partial charge on any atom is 0.164 e. The van der Waals surface area contributed by atoms with Crippen molar-refractivity contribution in [1.82, 2.24) is 19.5 Å². The Hall–Kier alpha value is -10.9. The van der Waals surface area contributed by atoms with Crippen LogP contribution in [0.25, 0.3) is 181 Å². The highest BCUT2D eigenvalue weighted by molar-refractivity contribution is 7.26. The maximum atomic E-state index is 6.92. The van der Waals surface area contributed by atoms with Crippen LogP contribution in [0.5, 0.6) is 0 Å². The first-order valence-corrected chi connectivity index (χ1v) is 28.6. The molecule has 0 aliphatic rings. The van der Waals surface area contributed by atoms with E-state index in [0.717, 1.165) is 122 Å². The predicted molar refractivity (Wildman–Crippen MR) is 342 cm³/mol. The van der Waals surface area contributed by atoms with Crippen molar-refractivity contribution < 1.29 is 13.3 Å². The third-order valence-electron chi connectivity index (χ3n) is 16.7. The van der Waals surface area contributed by atoms with E-state index in [4.69, 9.17) is 28.2 Å². The largest absolute Gasteiger partial charge is 0.456 e. The van der Waals surface area contributed by atoms with Gasteiger partial charge in [-0.1, -0.05) is 164 Å². The summed E-state index contributed by atoms with van der Waals surface area (Å²) in [6.07, 6.45) is 0. The highest BCUT2D eigenvalue weighted by Crippen LogP contribution is 2.46. The molecule has 83 heavy (non-hydrogen) atoms. The Morgan fingerprint density at radius 3 is 1.66 bits per heavy atom. The monoisotopic (exact) mass is 1080 g/mol. The lowest BCUT2D eigenvalue weighted by atomic mass is 9.95. The van der Waals surface area contributed by atoms with Gasteiger partial charge in [0.1, 0.15) is 33.5 Å². The van der Waals surface area contributed by atoms with Crippen molar-refractivity contribution in [1.29, 1.82) is 0 Å². The first-order valence-electron chi connectivity index (χ1n) is 27.8. The first-order chi connectivity index (χ1) is 41.1. The minimum Gasteiger partial charge on any atom is -0.456 e. The molecule has 0 N–H and O–H groups in total. The highest BCUT2D eigenvalue weighted by atomic mass is 32.1. The average molecular weight is 1080 g/mol. The molecule has 0 fully saturated rings. The lowest BCUT2D eigenvalue weighted by molar-refractivity contribution is 0.668. The van der Waals surface area contributed by atoms with Gasteiger partial charge in [-0.2, -0.15) is 0 Å². The molecule has 0 amide bonds. The van der Waals surface area contributed by atoms with Gasteiger partial charge in [0.05, 0.1) is 11.0 Å². The fourth-order valence-electron chi connectivity index (χ4n) is 12.9. The van der Waals surface area contributed by atoms with Gasteiger partial charge in [-0.05, 0) is 119 Å². The normalized spacial score (nSPS) is 12.1. The molecule has 0 saturated carbocycles. The Labute approximate surface area is 477 Å². The van der Waals surface area contributed by atoms with Crippen LogP contribution in [-0.2, 0) is 0 Å². The van der Waals surface area contributed by atoms with Gasteiger partial charge >= 0.3 is 0 Å². The second-order valence-electron chi connectivity index (χ2n) is 21.3. The van der Waals surface area contributed by atoms with Gasteiger partial charge in [-0.15, -0.1) is 11.3 Å². The molecule has 0 aliphatic heterocycles. The number of para-hydroxylation sites is 3. The van der Waals surface area contributed by atoms with Gasteiger partial charge < -0.3 is 17.8 Å². The average Bonchev–Trinajstić information content (AvgIpc) is 3.40. The number of benzene rings is 12. The fourth-order valence-corrected chi connectivity index (χ4v) is 14.1. The Kier molecular flexibility index (Phi) is 9.83. The van der Waals surface area contributed by atoms with Crippen LogP contribution in [0, 0.1) is 0 Å². The van der Waals surface area contributed by atoms with Gasteiger partial charge in [0.25, 0.3) is 0 Å². The minimum absolute atomic E-state index is 0.537. The Balaban J connectivity index is 0.752. The molecular formula is C75H42N4O3S. The summed E-state index contributed by atoms with van der Waals surface area (Å²) >= 11 is 1.83. The van der Waals surface area contributed by atoms with Crippen molar-refractivity contribution in [3.8, 4) is 73.2 Å². The smallest absolute Gasteiger partial charge is 0.164 e. The number of furan rings is 3. The van der Waals surface area contributed by atoms with Crippen molar-refractivity contribution in [2.75, 3.05) is 0 Å². The maximum absolute atomic E-state index is 6.92. The molecular weight excluding hydrogens is 1040 g/mol. The summed E-state index contributed by atoms with van der Waals surface area (Å²) in [5, 5.41) is 11.0. The van der Waals surface area contributed by atoms with E-state index in [0.29, 0.717) is 17.5 Å². The zero-order valence-electron chi connectivity index (χ0n) is 44.2. The van der Waals surface area contributed by atoms with Crippen LogP contribution in [0.15, 0.2) is 268 Å². The van der Waals surface area contributed by atoms with Crippen molar-refractivity contribution in [3.63, 3.8) is 0 Å². The van der Waals surface area contributed by atoms with Gasteiger partial charge in [0.15, 0.2) is 17.5 Å². The number of rotatable bonds is 7. The van der Waals surface area contributed by atoms with E-state index in [9.17, 15) is 0 Å². The standard InChI is InChI=1S/C75H42N4O3S/c1-3-15-43(16-4-1)73-76-74(47-32-36-54-53-35-31-46(41-65(53)81-66(54)42-47)50-22-14-30-68-71(50)55-20-8-10-29-67(55)83-68)78-75(77-73)57-25-13-27-63-70(57)59-40-44(34-38-62(59)80-63)49-21-12-28-64-69(49)56-24-11-23-51(72(56)82-64)45-33-37-61-58(39-45)52-19-7-9-26-60(52)79(61)48-17-5-2-6-18-48/h1-42H.